The first-order valence-electron chi connectivity index (χ1n) is 25.4. The van der Waals surface area contributed by atoms with Crippen molar-refractivity contribution in [2.45, 2.75) is 229 Å². The van der Waals surface area contributed by atoms with Crippen LogP contribution < -0.4 is 0 Å². The van der Waals surface area contributed by atoms with Crippen molar-refractivity contribution in [2.24, 2.45) is 0 Å². The number of hydrogen-bond acceptors (Lipinski definition) is 14. The quantitative estimate of drug-likeness (QED) is 0.0183. The zero-order chi connectivity index (χ0) is 48.0. The number of unbranched alkanes of at least 4 members (excludes halogenated alkanes) is 15. The number of ether oxygens (including phenoxy) is 6. The van der Waals surface area contributed by atoms with Gasteiger partial charge in [0.25, 0.3) is 0 Å². The Labute approximate surface area is 396 Å². The van der Waals surface area contributed by atoms with Crippen LogP contribution >= 0.6 is 0 Å². The van der Waals surface area contributed by atoms with Crippen LogP contribution in [-0.4, -0.2) is 142 Å². The number of carbonyl (C=O) groups is 1. The molecule has 14 heteroatoms. The number of rotatable bonds is 39. The molecule has 2 saturated heterocycles. The molecule has 382 valence electrons. The lowest BCUT2D eigenvalue weighted by atomic mass is 9.98. The predicted octanol–water partition coefficient (Wildman–Crippen LogP) is 7.35. The molecule has 0 radical (unpaired) electrons. The molecule has 0 aromatic carbocycles. The fourth-order valence-electron chi connectivity index (χ4n) is 7.66. The van der Waals surface area contributed by atoms with Crippen LogP contribution in [0.15, 0.2) is 60.8 Å². The Kier molecular flexibility index (Phi) is 35.8. The van der Waals surface area contributed by atoms with Crippen molar-refractivity contribution in [3.05, 3.63) is 60.8 Å². The van der Waals surface area contributed by atoms with Gasteiger partial charge in [-0.1, -0.05) is 158 Å². The van der Waals surface area contributed by atoms with Gasteiger partial charge in [0.05, 0.1) is 26.4 Å². The highest BCUT2D eigenvalue weighted by Crippen LogP contribution is 2.26. The molecule has 2 aliphatic heterocycles. The average molecular weight is 939 g/mol. The number of esters is 1. The van der Waals surface area contributed by atoms with Crippen LogP contribution in [0.25, 0.3) is 0 Å². The summed E-state index contributed by atoms with van der Waals surface area (Å²) in [4.78, 5) is 13.0. The summed E-state index contributed by atoms with van der Waals surface area (Å²) < 4.78 is 34.2. The number of hydrogen-bond donors (Lipinski definition) is 7. The van der Waals surface area contributed by atoms with Crippen LogP contribution in [0.2, 0.25) is 0 Å². The maximum Gasteiger partial charge on any atom is 0.306 e. The largest absolute Gasteiger partial charge is 0.457 e. The molecule has 0 amide bonds. The molecule has 7 N–H and O–H groups in total. The van der Waals surface area contributed by atoms with E-state index in [2.05, 4.69) is 74.6 Å². The molecule has 2 rings (SSSR count). The predicted molar refractivity (Wildman–Crippen MR) is 256 cm³/mol. The van der Waals surface area contributed by atoms with Crippen LogP contribution in [-0.2, 0) is 33.2 Å². The van der Waals surface area contributed by atoms with Gasteiger partial charge in [0.15, 0.2) is 12.6 Å². The third kappa shape index (κ3) is 27.0. The van der Waals surface area contributed by atoms with E-state index in [1.807, 2.05) is 0 Å². The second kappa shape index (κ2) is 39.5. The summed E-state index contributed by atoms with van der Waals surface area (Å²) in [5.41, 5.74) is 0. The van der Waals surface area contributed by atoms with Gasteiger partial charge < -0.3 is 64.2 Å². The van der Waals surface area contributed by atoms with Crippen molar-refractivity contribution in [1.29, 1.82) is 0 Å². The number of aliphatic hydroxyl groups excluding tert-OH is 7. The lowest BCUT2D eigenvalue weighted by molar-refractivity contribution is -0.332. The monoisotopic (exact) mass is 939 g/mol. The Morgan fingerprint density at radius 2 is 0.985 bits per heavy atom. The molecule has 66 heavy (non-hydrogen) atoms. The molecule has 0 bridgehead atoms. The third-order valence-electron chi connectivity index (χ3n) is 11.8. The van der Waals surface area contributed by atoms with Gasteiger partial charge in [-0.05, 0) is 57.8 Å². The van der Waals surface area contributed by atoms with E-state index in [1.165, 1.54) is 64.2 Å². The van der Waals surface area contributed by atoms with Crippen molar-refractivity contribution < 1.29 is 69.0 Å². The van der Waals surface area contributed by atoms with Crippen LogP contribution in [0.5, 0.6) is 0 Å². The van der Waals surface area contributed by atoms with Crippen LogP contribution in [0.1, 0.15) is 162 Å². The minimum absolute atomic E-state index is 0.0315. The summed E-state index contributed by atoms with van der Waals surface area (Å²) in [5, 5.41) is 72.1. The van der Waals surface area contributed by atoms with Crippen LogP contribution in [0.3, 0.4) is 0 Å². The Morgan fingerprint density at radius 3 is 1.52 bits per heavy atom. The van der Waals surface area contributed by atoms with E-state index in [0.29, 0.717) is 13.0 Å². The van der Waals surface area contributed by atoms with Gasteiger partial charge in [-0.15, -0.1) is 0 Å². The van der Waals surface area contributed by atoms with Crippen LogP contribution in [0.4, 0.5) is 0 Å². The van der Waals surface area contributed by atoms with E-state index in [4.69, 9.17) is 28.4 Å². The summed E-state index contributed by atoms with van der Waals surface area (Å²) in [7, 11) is 0. The molecule has 0 aliphatic carbocycles. The van der Waals surface area contributed by atoms with Gasteiger partial charge in [-0.2, -0.15) is 0 Å². The first-order valence-corrected chi connectivity index (χ1v) is 25.4. The highest BCUT2D eigenvalue weighted by Gasteiger charge is 2.47. The van der Waals surface area contributed by atoms with Crippen molar-refractivity contribution in [1.82, 2.24) is 0 Å². The van der Waals surface area contributed by atoms with E-state index in [-0.39, 0.29) is 19.6 Å². The summed E-state index contributed by atoms with van der Waals surface area (Å²) in [6, 6.07) is 0. The highest BCUT2D eigenvalue weighted by molar-refractivity contribution is 5.69. The molecule has 0 saturated carbocycles. The zero-order valence-electron chi connectivity index (χ0n) is 40.4. The lowest BCUT2D eigenvalue weighted by Crippen LogP contribution is -2.61. The second-order valence-corrected chi connectivity index (χ2v) is 17.6. The Hall–Kier alpha value is -2.31. The van der Waals surface area contributed by atoms with E-state index in [1.54, 1.807) is 0 Å². The van der Waals surface area contributed by atoms with Crippen LogP contribution in [0, 0.1) is 0 Å². The van der Waals surface area contributed by atoms with Gasteiger partial charge in [0, 0.05) is 13.0 Å². The van der Waals surface area contributed by atoms with Crippen molar-refractivity contribution >= 4 is 5.97 Å². The zero-order valence-corrected chi connectivity index (χ0v) is 40.4. The number of aliphatic hydroxyl groups is 7. The maximum atomic E-state index is 13.0. The van der Waals surface area contributed by atoms with Gasteiger partial charge in [0.1, 0.15) is 54.9 Å². The highest BCUT2D eigenvalue weighted by atomic mass is 16.7. The molecule has 11 atom stereocenters. The maximum absolute atomic E-state index is 13.0. The van der Waals surface area contributed by atoms with Crippen molar-refractivity contribution in [3.8, 4) is 0 Å². The van der Waals surface area contributed by atoms with Gasteiger partial charge in [-0.3, -0.25) is 4.79 Å². The first kappa shape index (κ1) is 59.8. The molecule has 2 fully saturated rings. The van der Waals surface area contributed by atoms with Gasteiger partial charge in [0.2, 0.25) is 0 Å². The summed E-state index contributed by atoms with van der Waals surface area (Å²) >= 11 is 0. The Bertz CT molecular complexity index is 1320. The molecule has 14 nitrogen and oxygen atoms in total. The van der Waals surface area contributed by atoms with Crippen molar-refractivity contribution in [3.63, 3.8) is 0 Å². The van der Waals surface area contributed by atoms with E-state index >= 15 is 0 Å². The summed E-state index contributed by atoms with van der Waals surface area (Å²) in [5.74, 6) is -0.393. The molecule has 2 heterocycles. The van der Waals surface area contributed by atoms with E-state index < -0.39 is 86.7 Å². The minimum Gasteiger partial charge on any atom is -0.457 e. The summed E-state index contributed by atoms with van der Waals surface area (Å²) in [6.07, 6.45) is 30.0. The van der Waals surface area contributed by atoms with Gasteiger partial charge in [-0.25, -0.2) is 0 Å². The van der Waals surface area contributed by atoms with Gasteiger partial charge >= 0.3 is 5.97 Å². The second-order valence-electron chi connectivity index (χ2n) is 17.6. The summed E-state index contributed by atoms with van der Waals surface area (Å²) in [6.45, 7) is 3.45. The smallest absolute Gasteiger partial charge is 0.306 e. The molecule has 0 aromatic heterocycles. The van der Waals surface area contributed by atoms with E-state index in [9.17, 15) is 40.5 Å². The molecular formula is C52H90O14. The molecule has 11 unspecified atom stereocenters. The molecule has 2 aliphatic rings. The third-order valence-corrected chi connectivity index (χ3v) is 11.8. The minimum atomic E-state index is -1.72. The van der Waals surface area contributed by atoms with E-state index in [0.717, 1.165) is 70.6 Å². The number of carbonyl (C=O) groups excluding carboxylic acids is 1. The average Bonchev–Trinajstić information content (AvgIpc) is 3.31. The van der Waals surface area contributed by atoms with Crippen molar-refractivity contribution in [2.75, 3.05) is 33.0 Å². The first-order chi connectivity index (χ1) is 32.1. The molecular weight excluding hydrogens is 849 g/mol. The molecule has 0 spiro atoms. The SMILES string of the molecule is CC/C=C\C/C=C\C/C=C\C/C=C\C/C=C\CCCCOCC(COC1OC(COC2OC(CO)C(O)C(O)C2O)C(O)C(O)C1O)OC(=O)CCCCCCCCCCCCCCCC. The fraction of sp³-hybridized carbons (Fsp3) is 0.788. The topological polar surface area (TPSA) is 214 Å². The fourth-order valence-corrected chi connectivity index (χ4v) is 7.66. The standard InChI is InChI=1S/C52H90O14/c1-3-5-7-9-11-13-15-17-19-20-21-22-24-26-28-30-32-34-36-61-38-41(64-44(54)35-33-31-29-27-25-23-18-16-14-12-10-8-6-4-2)39-62-51-50(60)48(58)46(56)43(66-51)40-63-52-49(59)47(57)45(55)42(37-53)65-52/h5,7,11,13,17,19,21-22,26,28,41-43,45-53,55-60H,3-4,6,8-10,12,14-16,18,20,23-25,27,29-40H2,1-2H3/b7-5-,13-11-,19-17-,22-21-,28-26-. The lowest BCUT2D eigenvalue weighted by Gasteiger charge is -2.42. The normalized spacial score (nSPS) is 26.8. The Balaban J connectivity index is 1.80. The Morgan fingerprint density at radius 1 is 0.515 bits per heavy atom. The molecule has 0 aromatic rings. The number of allylic oxidation sites excluding steroid dienone is 10.